The molecule has 1 fully saturated rings. The Morgan fingerprint density at radius 3 is 2.61 bits per heavy atom. The van der Waals surface area contributed by atoms with E-state index in [1.165, 1.54) is 41.9 Å². The van der Waals surface area contributed by atoms with Gasteiger partial charge in [0.05, 0.1) is 12.0 Å². The van der Waals surface area contributed by atoms with Gasteiger partial charge in [-0.15, -0.1) is 11.3 Å². The van der Waals surface area contributed by atoms with Crippen LogP contribution in [0, 0.1) is 5.82 Å². The fourth-order valence-electron chi connectivity index (χ4n) is 5.36. The lowest BCUT2D eigenvalue weighted by atomic mass is 9.96. The van der Waals surface area contributed by atoms with E-state index < -0.39 is 0 Å². The van der Waals surface area contributed by atoms with Crippen LogP contribution in [-0.2, 0) is 0 Å². The zero-order valence-corrected chi connectivity index (χ0v) is 22.4. The molecule has 2 bridgehead atoms. The number of nitrogens with one attached hydrogen (secondary N) is 1. The van der Waals surface area contributed by atoms with E-state index in [4.69, 9.17) is 0 Å². The Balaban J connectivity index is 1.21. The van der Waals surface area contributed by atoms with Gasteiger partial charge < -0.3 is 9.88 Å². The van der Waals surface area contributed by atoms with Crippen LogP contribution < -0.4 is 5.32 Å². The molecular formula is C29H29FN6OS. The number of anilines is 1. The molecule has 4 aromatic rings. The summed E-state index contributed by atoms with van der Waals surface area (Å²) in [5.74, 6) is -0.129. The molecule has 0 unspecified atom stereocenters. The van der Waals surface area contributed by atoms with E-state index >= 15 is 0 Å². The predicted molar refractivity (Wildman–Crippen MR) is 148 cm³/mol. The second-order valence-electron chi connectivity index (χ2n) is 10.2. The predicted octanol–water partition coefficient (Wildman–Crippen LogP) is 6.29. The summed E-state index contributed by atoms with van der Waals surface area (Å²) in [5.41, 5.74) is 5.06. The maximum absolute atomic E-state index is 13.5. The highest BCUT2D eigenvalue weighted by molar-refractivity contribution is 7.13. The van der Waals surface area contributed by atoms with Crippen molar-refractivity contribution in [1.29, 1.82) is 0 Å². The van der Waals surface area contributed by atoms with Gasteiger partial charge in [0.1, 0.15) is 28.0 Å². The van der Waals surface area contributed by atoms with Crippen LogP contribution in [-0.4, -0.2) is 49.5 Å². The smallest absolute Gasteiger partial charge is 0.276 e. The molecule has 6 rings (SSSR count). The van der Waals surface area contributed by atoms with Crippen molar-refractivity contribution in [2.75, 3.05) is 12.4 Å². The average molecular weight is 529 g/mol. The molecular weight excluding hydrogens is 499 g/mol. The SMILES string of the molecule is CC(C)n1cnc(-c2ccc(F)cc2)c1-c1nc(C(=O)Nc2ccc(C3=C[C@H]4CC[C@@H](C3)N4C)cn2)cs1. The number of carbonyl (C=O) groups excluding carboxylic acids is 1. The Kier molecular flexibility index (Phi) is 6.41. The lowest BCUT2D eigenvalue weighted by molar-refractivity contribution is 0.102. The van der Waals surface area contributed by atoms with Gasteiger partial charge in [0.15, 0.2) is 0 Å². The third kappa shape index (κ3) is 4.56. The number of nitrogens with zero attached hydrogens (tertiary/aromatic N) is 5. The highest BCUT2D eigenvalue weighted by Gasteiger charge is 2.34. The Morgan fingerprint density at radius 1 is 1.11 bits per heavy atom. The number of thiazole rings is 1. The first-order chi connectivity index (χ1) is 18.4. The maximum atomic E-state index is 13.5. The van der Waals surface area contributed by atoms with Gasteiger partial charge in [0.2, 0.25) is 0 Å². The first kappa shape index (κ1) is 24.6. The number of pyridine rings is 1. The maximum Gasteiger partial charge on any atom is 0.276 e. The van der Waals surface area contributed by atoms with Crippen LogP contribution in [0.4, 0.5) is 10.2 Å². The molecule has 2 aliphatic rings. The van der Waals surface area contributed by atoms with Gasteiger partial charge in [-0.2, -0.15) is 0 Å². The van der Waals surface area contributed by atoms with E-state index in [1.54, 1.807) is 23.8 Å². The third-order valence-corrected chi connectivity index (χ3v) is 8.38. The van der Waals surface area contributed by atoms with Crippen molar-refractivity contribution in [1.82, 2.24) is 24.4 Å². The van der Waals surface area contributed by atoms with E-state index in [-0.39, 0.29) is 17.8 Å². The van der Waals surface area contributed by atoms with Crippen LogP contribution >= 0.6 is 11.3 Å². The normalized spacial score (nSPS) is 19.1. The number of carbonyl (C=O) groups is 1. The second kappa shape index (κ2) is 9.89. The minimum absolute atomic E-state index is 0.130. The molecule has 3 aromatic heterocycles. The average Bonchev–Trinajstić information content (AvgIpc) is 3.61. The number of imidazole rings is 1. The first-order valence-electron chi connectivity index (χ1n) is 12.9. The molecule has 0 spiro atoms. The van der Waals surface area contributed by atoms with Crippen molar-refractivity contribution in [2.24, 2.45) is 0 Å². The molecule has 194 valence electrons. The zero-order chi connectivity index (χ0) is 26.4. The lowest BCUT2D eigenvalue weighted by Crippen LogP contribution is -2.34. The van der Waals surface area contributed by atoms with Crippen LogP contribution in [0.5, 0.6) is 0 Å². The number of amides is 1. The minimum Gasteiger partial charge on any atom is -0.326 e. The van der Waals surface area contributed by atoms with Crippen molar-refractivity contribution >= 4 is 28.6 Å². The van der Waals surface area contributed by atoms with E-state index in [0.29, 0.717) is 34.3 Å². The fourth-order valence-corrected chi connectivity index (χ4v) is 6.21. The van der Waals surface area contributed by atoms with Gasteiger partial charge in [0, 0.05) is 35.3 Å². The third-order valence-electron chi connectivity index (χ3n) is 7.53. The first-order valence-corrected chi connectivity index (χ1v) is 13.7. The number of likely N-dealkylation sites (N-methyl/N-ethyl adjacent to an activating group) is 1. The standard InChI is InChI=1S/C29H29FN6OS/c1-17(2)36-16-32-26(18-4-7-21(30)8-5-18)27(36)29-33-24(15-38-29)28(37)34-25-11-6-19(14-31-25)20-12-22-9-10-23(13-20)35(22)3/h4-8,11-12,14-17,22-23H,9-10,13H2,1-3H3,(H,31,34,37)/t22-,23+/m1/s1. The van der Waals surface area contributed by atoms with Crippen molar-refractivity contribution in [2.45, 2.75) is 51.2 Å². The topological polar surface area (TPSA) is 75.9 Å². The summed E-state index contributed by atoms with van der Waals surface area (Å²) in [6, 6.07) is 11.4. The van der Waals surface area contributed by atoms with Gasteiger partial charge in [0.25, 0.3) is 5.91 Å². The van der Waals surface area contributed by atoms with Crippen LogP contribution in [0.15, 0.2) is 60.4 Å². The number of rotatable bonds is 6. The molecule has 1 aromatic carbocycles. The van der Waals surface area contributed by atoms with Gasteiger partial charge in [-0.05, 0) is 87.7 Å². The van der Waals surface area contributed by atoms with E-state index in [2.05, 4.69) is 52.1 Å². The number of halogens is 1. The quantitative estimate of drug-likeness (QED) is 0.318. The second-order valence-corrected chi connectivity index (χ2v) is 11.1. The van der Waals surface area contributed by atoms with E-state index in [1.807, 2.05) is 22.9 Å². The summed E-state index contributed by atoms with van der Waals surface area (Å²) in [6.45, 7) is 4.12. The number of aromatic nitrogens is 4. The van der Waals surface area contributed by atoms with Crippen molar-refractivity contribution in [3.05, 3.63) is 77.5 Å². The van der Waals surface area contributed by atoms with E-state index in [0.717, 1.165) is 23.2 Å². The molecule has 0 saturated carbocycles. The fraction of sp³-hybridized carbons (Fsp3) is 0.310. The summed E-state index contributed by atoms with van der Waals surface area (Å²) < 4.78 is 15.5. The molecule has 9 heteroatoms. The number of hydrogen-bond acceptors (Lipinski definition) is 6. The van der Waals surface area contributed by atoms with Gasteiger partial charge in [-0.25, -0.2) is 19.3 Å². The monoisotopic (exact) mass is 528 g/mol. The summed E-state index contributed by atoms with van der Waals surface area (Å²) in [5, 5.41) is 5.29. The molecule has 2 aliphatic heterocycles. The molecule has 1 saturated heterocycles. The Bertz CT molecular complexity index is 1500. The number of hydrogen-bond donors (Lipinski definition) is 1. The Labute approximate surface area is 225 Å². The number of benzene rings is 1. The molecule has 7 nitrogen and oxygen atoms in total. The van der Waals surface area contributed by atoms with Crippen LogP contribution in [0.3, 0.4) is 0 Å². The molecule has 1 amide bonds. The van der Waals surface area contributed by atoms with Crippen LogP contribution in [0.1, 0.15) is 55.2 Å². The zero-order valence-electron chi connectivity index (χ0n) is 21.6. The minimum atomic E-state index is -0.316. The highest BCUT2D eigenvalue weighted by atomic mass is 32.1. The molecule has 5 heterocycles. The largest absolute Gasteiger partial charge is 0.326 e. The van der Waals surface area contributed by atoms with Gasteiger partial charge >= 0.3 is 0 Å². The number of fused-ring (bicyclic) bond motifs is 2. The van der Waals surface area contributed by atoms with Gasteiger partial charge in [-0.1, -0.05) is 6.08 Å². The lowest BCUT2D eigenvalue weighted by Gasteiger charge is -2.30. The summed E-state index contributed by atoms with van der Waals surface area (Å²) in [6.07, 6.45) is 9.45. The Hall–Kier alpha value is -3.69. The van der Waals surface area contributed by atoms with Crippen LogP contribution in [0.2, 0.25) is 0 Å². The highest BCUT2D eigenvalue weighted by Crippen LogP contribution is 2.38. The summed E-state index contributed by atoms with van der Waals surface area (Å²) in [7, 11) is 2.20. The molecule has 38 heavy (non-hydrogen) atoms. The summed E-state index contributed by atoms with van der Waals surface area (Å²) >= 11 is 1.38. The van der Waals surface area contributed by atoms with Crippen LogP contribution in [0.25, 0.3) is 27.5 Å². The van der Waals surface area contributed by atoms with Crippen molar-refractivity contribution in [3.8, 4) is 22.0 Å². The summed E-state index contributed by atoms with van der Waals surface area (Å²) in [4.78, 5) is 29.2. The molecule has 1 N–H and O–H groups in total. The van der Waals surface area contributed by atoms with Gasteiger partial charge in [-0.3, -0.25) is 9.69 Å². The molecule has 0 aliphatic carbocycles. The Morgan fingerprint density at radius 2 is 1.89 bits per heavy atom. The molecule has 0 radical (unpaired) electrons. The van der Waals surface area contributed by atoms with Crippen molar-refractivity contribution < 1.29 is 9.18 Å². The van der Waals surface area contributed by atoms with E-state index in [9.17, 15) is 9.18 Å². The molecule has 2 atom stereocenters. The van der Waals surface area contributed by atoms with Crippen molar-refractivity contribution in [3.63, 3.8) is 0 Å².